The molecule has 0 bridgehead atoms. The van der Waals surface area contributed by atoms with E-state index in [1.54, 1.807) is 25.2 Å². The zero-order valence-corrected chi connectivity index (χ0v) is 10.9. The van der Waals surface area contributed by atoms with Crippen molar-refractivity contribution in [1.29, 1.82) is 0 Å². The van der Waals surface area contributed by atoms with E-state index in [-0.39, 0.29) is 5.91 Å². The standard InChI is InChI=1S/C11H12BrNO3/c1-7(14)13(2)10-5-8(11(15)16-3)4-9(12)6-10/h4-6H,1-3H3. The van der Waals surface area contributed by atoms with Gasteiger partial charge in [0.1, 0.15) is 0 Å². The van der Waals surface area contributed by atoms with Crippen LogP contribution < -0.4 is 4.90 Å². The second-order valence-corrected chi connectivity index (χ2v) is 4.18. The minimum Gasteiger partial charge on any atom is -0.465 e. The Hall–Kier alpha value is -1.36. The summed E-state index contributed by atoms with van der Waals surface area (Å²) in [4.78, 5) is 24.0. The summed E-state index contributed by atoms with van der Waals surface area (Å²) in [6.07, 6.45) is 0. The van der Waals surface area contributed by atoms with Gasteiger partial charge >= 0.3 is 5.97 Å². The molecule has 0 radical (unpaired) electrons. The van der Waals surface area contributed by atoms with Crippen molar-refractivity contribution in [2.45, 2.75) is 6.92 Å². The number of nitrogens with zero attached hydrogens (tertiary/aromatic N) is 1. The Kier molecular flexibility index (Phi) is 4.06. The molecule has 0 unspecified atom stereocenters. The Morgan fingerprint density at radius 2 is 1.94 bits per heavy atom. The number of amides is 1. The van der Waals surface area contributed by atoms with E-state index in [4.69, 9.17) is 0 Å². The number of ether oxygens (including phenoxy) is 1. The molecule has 1 rings (SSSR count). The number of carbonyl (C=O) groups excluding carboxylic acids is 2. The van der Waals surface area contributed by atoms with Gasteiger partial charge in [-0.05, 0) is 18.2 Å². The normalized spacial score (nSPS) is 9.75. The summed E-state index contributed by atoms with van der Waals surface area (Å²) in [6, 6.07) is 5.01. The highest BCUT2D eigenvalue weighted by atomic mass is 79.9. The quantitative estimate of drug-likeness (QED) is 0.783. The van der Waals surface area contributed by atoms with Gasteiger partial charge in [-0.25, -0.2) is 4.79 Å². The molecule has 0 heterocycles. The van der Waals surface area contributed by atoms with Gasteiger partial charge in [-0.15, -0.1) is 0 Å². The van der Waals surface area contributed by atoms with Crippen molar-refractivity contribution in [2.75, 3.05) is 19.1 Å². The molecule has 0 spiro atoms. The maximum absolute atomic E-state index is 11.4. The van der Waals surface area contributed by atoms with E-state index in [1.807, 2.05) is 0 Å². The van der Waals surface area contributed by atoms with Crippen LogP contribution in [0.5, 0.6) is 0 Å². The third kappa shape index (κ3) is 2.82. The predicted octanol–water partition coefficient (Wildman–Crippen LogP) is 2.22. The topological polar surface area (TPSA) is 46.6 Å². The third-order valence-electron chi connectivity index (χ3n) is 2.16. The molecule has 0 aliphatic heterocycles. The fourth-order valence-electron chi connectivity index (χ4n) is 1.19. The number of hydrogen-bond donors (Lipinski definition) is 0. The van der Waals surface area contributed by atoms with Crippen LogP contribution in [0.2, 0.25) is 0 Å². The minimum absolute atomic E-state index is 0.103. The number of hydrogen-bond acceptors (Lipinski definition) is 3. The van der Waals surface area contributed by atoms with Gasteiger partial charge in [0.25, 0.3) is 0 Å². The Labute approximate surface area is 102 Å². The molecular formula is C11H12BrNO3. The number of anilines is 1. The number of esters is 1. The number of halogens is 1. The van der Waals surface area contributed by atoms with Gasteiger partial charge in [0.2, 0.25) is 5.91 Å². The van der Waals surface area contributed by atoms with Crippen molar-refractivity contribution in [2.24, 2.45) is 0 Å². The van der Waals surface area contributed by atoms with E-state index in [9.17, 15) is 9.59 Å². The molecule has 0 aliphatic rings. The first-order chi connectivity index (χ1) is 7.45. The largest absolute Gasteiger partial charge is 0.465 e. The first-order valence-electron chi connectivity index (χ1n) is 4.59. The lowest BCUT2D eigenvalue weighted by Crippen LogP contribution is -2.23. The van der Waals surface area contributed by atoms with Crippen LogP contribution in [0.1, 0.15) is 17.3 Å². The smallest absolute Gasteiger partial charge is 0.337 e. The summed E-state index contributed by atoms with van der Waals surface area (Å²) in [5.41, 5.74) is 1.04. The monoisotopic (exact) mass is 285 g/mol. The average Bonchev–Trinajstić information content (AvgIpc) is 2.25. The molecule has 1 amide bonds. The van der Waals surface area contributed by atoms with Crippen LogP contribution in [0.25, 0.3) is 0 Å². The Morgan fingerprint density at radius 1 is 1.31 bits per heavy atom. The van der Waals surface area contributed by atoms with E-state index in [1.165, 1.54) is 18.9 Å². The zero-order chi connectivity index (χ0) is 12.3. The van der Waals surface area contributed by atoms with Crippen LogP contribution >= 0.6 is 15.9 Å². The molecule has 0 aliphatic carbocycles. The number of benzene rings is 1. The van der Waals surface area contributed by atoms with Gasteiger partial charge < -0.3 is 9.64 Å². The van der Waals surface area contributed by atoms with Crippen LogP contribution in [0.15, 0.2) is 22.7 Å². The van der Waals surface area contributed by atoms with E-state index < -0.39 is 5.97 Å². The van der Waals surface area contributed by atoms with Crippen LogP contribution in [-0.2, 0) is 9.53 Å². The van der Waals surface area contributed by atoms with Gasteiger partial charge in [0.15, 0.2) is 0 Å². The summed E-state index contributed by atoms with van der Waals surface area (Å²) in [7, 11) is 2.96. The van der Waals surface area contributed by atoms with Gasteiger partial charge in [-0.3, -0.25) is 4.79 Å². The molecule has 0 saturated carbocycles. The molecule has 4 nitrogen and oxygen atoms in total. The lowest BCUT2D eigenvalue weighted by molar-refractivity contribution is -0.116. The van der Waals surface area contributed by atoms with E-state index in [2.05, 4.69) is 20.7 Å². The molecular weight excluding hydrogens is 274 g/mol. The Bertz CT molecular complexity index is 431. The summed E-state index contributed by atoms with van der Waals surface area (Å²) in [6.45, 7) is 1.46. The van der Waals surface area contributed by atoms with Gasteiger partial charge in [-0.1, -0.05) is 15.9 Å². The van der Waals surface area contributed by atoms with Crippen molar-refractivity contribution < 1.29 is 14.3 Å². The fraction of sp³-hybridized carbons (Fsp3) is 0.273. The van der Waals surface area contributed by atoms with Crippen molar-refractivity contribution in [3.8, 4) is 0 Å². The van der Waals surface area contributed by atoms with Crippen LogP contribution in [0.4, 0.5) is 5.69 Å². The van der Waals surface area contributed by atoms with Gasteiger partial charge in [0, 0.05) is 24.1 Å². The molecule has 1 aromatic rings. The number of methoxy groups -OCH3 is 1. The second-order valence-electron chi connectivity index (χ2n) is 3.27. The highest BCUT2D eigenvalue weighted by Crippen LogP contribution is 2.22. The molecule has 0 atom stereocenters. The van der Waals surface area contributed by atoms with Crippen LogP contribution in [-0.4, -0.2) is 26.0 Å². The molecule has 86 valence electrons. The van der Waals surface area contributed by atoms with Gasteiger partial charge in [0.05, 0.1) is 12.7 Å². The maximum Gasteiger partial charge on any atom is 0.337 e. The summed E-state index contributed by atoms with van der Waals surface area (Å²) in [5, 5.41) is 0. The minimum atomic E-state index is -0.431. The molecule has 0 aromatic heterocycles. The van der Waals surface area contributed by atoms with E-state index in [0.29, 0.717) is 11.3 Å². The molecule has 0 saturated heterocycles. The lowest BCUT2D eigenvalue weighted by atomic mass is 10.2. The predicted molar refractivity (Wildman–Crippen MR) is 64.6 cm³/mol. The van der Waals surface area contributed by atoms with Crippen LogP contribution in [0, 0.1) is 0 Å². The molecule has 5 heteroatoms. The highest BCUT2D eigenvalue weighted by molar-refractivity contribution is 9.10. The zero-order valence-electron chi connectivity index (χ0n) is 9.28. The molecule has 16 heavy (non-hydrogen) atoms. The Morgan fingerprint density at radius 3 is 2.44 bits per heavy atom. The van der Waals surface area contributed by atoms with E-state index >= 15 is 0 Å². The van der Waals surface area contributed by atoms with Gasteiger partial charge in [-0.2, -0.15) is 0 Å². The summed E-state index contributed by atoms with van der Waals surface area (Å²) in [5.74, 6) is -0.534. The van der Waals surface area contributed by atoms with E-state index in [0.717, 1.165) is 4.47 Å². The second kappa shape index (κ2) is 5.12. The Balaban J connectivity index is 3.17. The molecule has 1 aromatic carbocycles. The molecule has 0 fully saturated rings. The van der Waals surface area contributed by atoms with Crippen molar-refractivity contribution in [3.05, 3.63) is 28.2 Å². The average molecular weight is 286 g/mol. The summed E-state index contributed by atoms with van der Waals surface area (Å²) < 4.78 is 5.34. The SMILES string of the molecule is COC(=O)c1cc(Br)cc(N(C)C(C)=O)c1. The van der Waals surface area contributed by atoms with Crippen molar-refractivity contribution >= 4 is 33.5 Å². The summed E-state index contributed by atoms with van der Waals surface area (Å²) >= 11 is 3.28. The van der Waals surface area contributed by atoms with Crippen molar-refractivity contribution in [1.82, 2.24) is 0 Å². The fourth-order valence-corrected chi connectivity index (χ4v) is 1.67. The highest BCUT2D eigenvalue weighted by Gasteiger charge is 2.12. The third-order valence-corrected chi connectivity index (χ3v) is 2.62. The number of carbonyl (C=O) groups is 2. The number of rotatable bonds is 2. The van der Waals surface area contributed by atoms with Crippen molar-refractivity contribution in [3.63, 3.8) is 0 Å². The van der Waals surface area contributed by atoms with Crippen LogP contribution in [0.3, 0.4) is 0 Å². The first kappa shape index (κ1) is 12.7. The molecule has 0 N–H and O–H groups in total. The lowest BCUT2D eigenvalue weighted by Gasteiger charge is -2.16. The first-order valence-corrected chi connectivity index (χ1v) is 5.38. The maximum atomic E-state index is 11.4.